The van der Waals surface area contributed by atoms with Gasteiger partial charge in [-0.15, -0.1) is 0 Å². The standard InChI is InChI=1S/C90H171NO5/c1-3-5-7-9-11-13-15-17-19-21-22-23-41-44-47-51-54-58-62-66-70-74-78-82-88(93)87(86-92)91-89(94)83-79-75-71-67-63-59-55-52-48-45-42-39-37-35-33-31-29-27-25-24-26-28-30-32-34-36-38-40-43-46-49-53-57-61-65-69-73-77-81-85-96-90(95)84-80-76-72-68-64-60-56-50-20-18-16-14-12-10-8-6-4-2/h12,14,18,20,24-25,28,30,87-88,92-93H,3-11,13,15-17,19,21-23,26-27,29,31-86H2,1-2H3,(H,91,94)/b14-12-,20-18-,25-24-,30-28-. The van der Waals surface area contributed by atoms with E-state index >= 15 is 0 Å². The first-order chi connectivity index (χ1) is 47.5. The fourth-order valence-electron chi connectivity index (χ4n) is 13.9. The molecule has 0 aliphatic heterocycles. The maximum absolute atomic E-state index is 12.6. The van der Waals surface area contributed by atoms with Gasteiger partial charge in [-0.2, -0.15) is 0 Å². The lowest BCUT2D eigenvalue weighted by Gasteiger charge is -2.22. The lowest BCUT2D eigenvalue weighted by Crippen LogP contribution is -2.45. The van der Waals surface area contributed by atoms with Crippen molar-refractivity contribution in [2.24, 2.45) is 0 Å². The van der Waals surface area contributed by atoms with Gasteiger partial charge >= 0.3 is 5.97 Å². The zero-order chi connectivity index (χ0) is 69.1. The minimum absolute atomic E-state index is 0.0132. The van der Waals surface area contributed by atoms with E-state index in [0.29, 0.717) is 25.9 Å². The summed E-state index contributed by atoms with van der Waals surface area (Å²) in [5.41, 5.74) is 0. The number of unbranched alkanes of at least 4 members (excludes halogenated alkanes) is 64. The number of carbonyl (C=O) groups is 2. The molecule has 0 aliphatic rings. The van der Waals surface area contributed by atoms with Crippen LogP contribution in [-0.4, -0.2) is 47.4 Å². The number of carbonyl (C=O) groups excluding carboxylic acids is 2. The van der Waals surface area contributed by atoms with Crippen LogP contribution in [0.4, 0.5) is 0 Å². The monoisotopic (exact) mass is 1350 g/mol. The Kier molecular flexibility index (Phi) is 83.3. The molecule has 6 nitrogen and oxygen atoms in total. The van der Waals surface area contributed by atoms with Crippen molar-refractivity contribution in [1.29, 1.82) is 0 Å². The number of allylic oxidation sites excluding steroid dienone is 8. The topological polar surface area (TPSA) is 95.9 Å². The number of nitrogens with one attached hydrogen (secondary N) is 1. The van der Waals surface area contributed by atoms with Gasteiger partial charge < -0.3 is 20.3 Å². The molecule has 0 aliphatic carbocycles. The van der Waals surface area contributed by atoms with Gasteiger partial charge in [0.2, 0.25) is 5.91 Å². The minimum Gasteiger partial charge on any atom is -0.466 e. The Morgan fingerprint density at radius 2 is 0.521 bits per heavy atom. The molecule has 0 aromatic carbocycles. The van der Waals surface area contributed by atoms with Crippen LogP contribution in [0.3, 0.4) is 0 Å². The van der Waals surface area contributed by atoms with E-state index in [0.717, 1.165) is 57.8 Å². The van der Waals surface area contributed by atoms with E-state index in [2.05, 4.69) is 67.8 Å². The number of aliphatic hydroxyl groups is 2. The Hall–Kier alpha value is -2.18. The lowest BCUT2D eigenvalue weighted by molar-refractivity contribution is -0.143. The van der Waals surface area contributed by atoms with Crippen molar-refractivity contribution >= 4 is 11.9 Å². The smallest absolute Gasteiger partial charge is 0.305 e. The average Bonchev–Trinajstić information content (AvgIpc) is 3.15. The predicted molar refractivity (Wildman–Crippen MR) is 426 cm³/mol. The zero-order valence-corrected chi connectivity index (χ0v) is 65.1. The highest BCUT2D eigenvalue weighted by Crippen LogP contribution is 2.21. The number of esters is 1. The normalized spacial score (nSPS) is 12.7. The molecule has 0 saturated heterocycles. The molecule has 96 heavy (non-hydrogen) atoms. The van der Waals surface area contributed by atoms with E-state index in [1.54, 1.807) is 0 Å². The Labute approximate surface area is 601 Å². The lowest BCUT2D eigenvalue weighted by atomic mass is 10.0. The van der Waals surface area contributed by atoms with Gasteiger partial charge in [-0.05, 0) is 89.9 Å². The van der Waals surface area contributed by atoms with Crippen LogP contribution in [0.15, 0.2) is 48.6 Å². The van der Waals surface area contributed by atoms with Crippen molar-refractivity contribution in [2.45, 2.75) is 501 Å². The van der Waals surface area contributed by atoms with Crippen LogP contribution in [0.2, 0.25) is 0 Å². The summed E-state index contributed by atoms with van der Waals surface area (Å²) in [6.45, 7) is 4.98. The molecule has 0 rings (SSSR count). The Bertz CT molecular complexity index is 1600. The summed E-state index contributed by atoms with van der Waals surface area (Å²) < 4.78 is 5.51. The Morgan fingerprint density at radius 3 is 0.812 bits per heavy atom. The van der Waals surface area contributed by atoms with Crippen molar-refractivity contribution in [3.05, 3.63) is 48.6 Å². The summed E-state index contributed by atoms with van der Waals surface area (Å²) in [6.07, 6.45) is 114. The van der Waals surface area contributed by atoms with E-state index in [1.807, 2.05) is 0 Å². The Balaban J connectivity index is 3.36. The SMILES string of the molecule is CCCCC/C=C\C/C=C\CCCCCCCCCC(=O)OCCCCCCCCCCCCCCCCC/C=C\C/C=C\CCCCCCCCCCCCCCCCCCCC(=O)NC(CO)C(O)CCCCCCCCCCCCCCCCCCCCCCCCC. The largest absolute Gasteiger partial charge is 0.466 e. The van der Waals surface area contributed by atoms with Gasteiger partial charge in [-0.1, -0.05) is 435 Å². The summed E-state index contributed by atoms with van der Waals surface area (Å²) in [4.78, 5) is 24.7. The van der Waals surface area contributed by atoms with Gasteiger partial charge in [-0.25, -0.2) is 0 Å². The molecule has 0 bridgehead atoms. The molecule has 6 heteroatoms. The molecule has 0 radical (unpaired) electrons. The molecule has 0 aromatic rings. The molecule has 566 valence electrons. The number of ether oxygens (including phenoxy) is 1. The second-order valence-corrected chi connectivity index (χ2v) is 30.2. The van der Waals surface area contributed by atoms with Crippen molar-refractivity contribution in [2.75, 3.05) is 13.2 Å². The maximum Gasteiger partial charge on any atom is 0.305 e. The van der Waals surface area contributed by atoms with Crippen molar-refractivity contribution in [3.8, 4) is 0 Å². The zero-order valence-electron chi connectivity index (χ0n) is 65.1. The number of amides is 1. The predicted octanol–water partition coefficient (Wildman–Crippen LogP) is 29.5. The molecule has 2 atom stereocenters. The second kappa shape index (κ2) is 85.2. The van der Waals surface area contributed by atoms with E-state index in [-0.39, 0.29) is 18.5 Å². The molecule has 0 saturated carbocycles. The first kappa shape index (κ1) is 93.8. The van der Waals surface area contributed by atoms with Crippen LogP contribution < -0.4 is 5.32 Å². The van der Waals surface area contributed by atoms with E-state index in [4.69, 9.17) is 4.74 Å². The summed E-state index contributed by atoms with van der Waals surface area (Å²) in [5, 5.41) is 23.5. The molecule has 3 N–H and O–H groups in total. The van der Waals surface area contributed by atoms with Crippen LogP contribution in [0.25, 0.3) is 0 Å². The van der Waals surface area contributed by atoms with Crippen LogP contribution in [0.1, 0.15) is 489 Å². The fraction of sp³-hybridized carbons (Fsp3) is 0.889. The van der Waals surface area contributed by atoms with Crippen LogP contribution >= 0.6 is 0 Å². The summed E-state index contributed by atoms with van der Waals surface area (Å²) in [7, 11) is 0. The molecule has 0 spiro atoms. The number of hydrogen-bond donors (Lipinski definition) is 3. The van der Waals surface area contributed by atoms with Gasteiger partial charge in [0, 0.05) is 12.8 Å². The van der Waals surface area contributed by atoms with Crippen LogP contribution in [-0.2, 0) is 14.3 Å². The van der Waals surface area contributed by atoms with Gasteiger partial charge in [0.05, 0.1) is 25.4 Å². The third kappa shape index (κ3) is 80.8. The molecule has 1 amide bonds. The van der Waals surface area contributed by atoms with E-state index in [1.165, 1.54) is 398 Å². The van der Waals surface area contributed by atoms with Crippen LogP contribution in [0.5, 0.6) is 0 Å². The molecular weight excluding hydrogens is 1170 g/mol. The second-order valence-electron chi connectivity index (χ2n) is 30.2. The van der Waals surface area contributed by atoms with Gasteiger partial charge in [0.1, 0.15) is 0 Å². The van der Waals surface area contributed by atoms with Crippen molar-refractivity contribution < 1.29 is 24.5 Å². The molecule has 0 heterocycles. The summed E-state index contributed by atoms with van der Waals surface area (Å²) in [6, 6.07) is -0.541. The minimum atomic E-state index is -0.664. The van der Waals surface area contributed by atoms with Gasteiger partial charge in [-0.3, -0.25) is 9.59 Å². The number of rotatable bonds is 83. The highest BCUT2D eigenvalue weighted by molar-refractivity contribution is 5.76. The average molecular weight is 1350 g/mol. The Morgan fingerprint density at radius 1 is 0.292 bits per heavy atom. The maximum atomic E-state index is 12.6. The highest BCUT2D eigenvalue weighted by Gasteiger charge is 2.20. The fourth-order valence-corrected chi connectivity index (χ4v) is 13.9. The molecule has 0 aromatic heterocycles. The molecular formula is C90H171NO5. The third-order valence-corrected chi connectivity index (χ3v) is 20.6. The van der Waals surface area contributed by atoms with E-state index in [9.17, 15) is 19.8 Å². The number of aliphatic hydroxyl groups excluding tert-OH is 2. The molecule has 0 fully saturated rings. The van der Waals surface area contributed by atoms with Gasteiger partial charge in [0.15, 0.2) is 0 Å². The first-order valence-electron chi connectivity index (χ1n) is 43.9. The summed E-state index contributed by atoms with van der Waals surface area (Å²) in [5.74, 6) is -0.0131. The van der Waals surface area contributed by atoms with Crippen molar-refractivity contribution in [1.82, 2.24) is 5.32 Å². The summed E-state index contributed by atoms with van der Waals surface area (Å²) >= 11 is 0. The van der Waals surface area contributed by atoms with Gasteiger partial charge in [0.25, 0.3) is 0 Å². The highest BCUT2D eigenvalue weighted by atomic mass is 16.5. The van der Waals surface area contributed by atoms with E-state index < -0.39 is 12.1 Å². The number of hydrogen-bond acceptors (Lipinski definition) is 5. The molecule has 2 unspecified atom stereocenters. The quantitative estimate of drug-likeness (QED) is 0.0320. The van der Waals surface area contributed by atoms with Crippen molar-refractivity contribution in [3.63, 3.8) is 0 Å². The first-order valence-corrected chi connectivity index (χ1v) is 43.9. The van der Waals surface area contributed by atoms with Crippen LogP contribution in [0, 0.1) is 0 Å². The third-order valence-electron chi connectivity index (χ3n) is 20.6.